The molecule has 7 heteroatoms. The monoisotopic (exact) mass is 313 g/mol. The summed E-state index contributed by atoms with van der Waals surface area (Å²) in [6.45, 7) is 7.43. The molecule has 2 rings (SSSR count). The van der Waals surface area contributed by atoms with Gasteiger partial charge in [-0.3, -0.25) is 9.69 Å². The fourth-order valence-electron chi connectivity index (χ4n) is 2.36. The first-order valence-corrected chi connectivity index (χ1v) is 6.65. The Balaban J connectivity index is 0.00000162. The number of ether oxygens (including phenoxy) is 1. The van der Waals surface area contributed by atoms with E-state index in [0.29, 0.717) is 0 Å². The minimum absolute atomic E-state index is 0. The number of rotatable bonds is 5. The molecular weight excluding hydrogens is 289 g/mol. The summed E-state index contributed by atoms with van der Waals surface area (Å²) in [6.07, 6.45) is 2.02. The fraction of sp³-hybridized carbons (Fsp3) is 0.917. The largest absolute Gasteiger partial charge is 0.379 e. The van der Waals surface area contributed by atoms with Crippen molar-refractivity contribution in [3.8, 4) is 0 Å². The smallest absolute Gasteiger partial charge is 0.224 e. The second-order valence-corrected chi connectivity index (χ2v) is 4.79. The van der Waals surface area contributed by atoms with Crippen molar-refractivity contribution < 1.29 is 9.53 Å². The van der Waals surface area contributed by atoms with Gasteiger partial charge in [0.15, 0.2) is 0 Å². The fourth-order valence-corrected chi connectivity index (χ4v) is 2.36. The van der Waals surface area contributed by atoms with E-state index < -0.39 is 0 Å². The first-order chi connectivity index (χ1) is 8.36. The topological polar surface area (TPSA) is 53.6 Å². The van der Waals surface area contributed by atoms with Gasteiger partial charge < -0.3 is 15.4 Å². The number of carbonyl (C=O) groups is 1. The zero-order chi connectivity index (χ0) is 11.9. The van der Waals surface area contributed by atoms with Gasteiger partial charge in [-0.25, -0.2) is 0 Å². The minimum atomic E-state index is 0. The number of hydrogen-bond acceptors (Lipinski definition) is 4. The van der Waals surface area contributed by atoms with E-state index in [-0.39, 0.29) is 36.6 Å². The molecule has 2 N–H and O–H groups in total. The molecule has 2 fully saturated rings. The average Bonchev–Trinajstić information content (AvgIpc) is 2.89. The second kappa shape index (κ2) is 10.7. The number of carbonyl (C=O) groups excluding carboxylic acids is 1. The molecule has 1 unspecified atom stereocenters. The van der Waals surface area contributed by atoms with E-state index in [1.54, 1.807) is 0 Å². The van der Waals surface area contributed by atoms with Gasteiger partial charge in [0.25, 0.3) is 0 Å². The highest BCUT2D eigenvalue weighted by molar-refractivity contribution is 5.85. The highest BCUT2D eigenvalue weighted by Gasteiger charge is 2.21. The van der Waals surface area contributed by atoms with Crippen molar-refractivity contribution in [2.45, 2.75) is 12.8 Å². The molecule has 0 bridgehead atoms. The molecule has 19 heavy (non-hydrogen) atoms. The molecule has 114 valence electrons. The second-order valence-electron chi connectivity index (χ2n) is 4.79. The molecule has 0 radical (unpaired) electrons. The lowest BCUT2D eigenvalue weighted by atomic mass is 10.1. The number of morpholine rings is 1. The number of amides is 1. The number of hydrogen-bond donors (Lipinski definition) is 2. The van der Waals surface area contributed by atoms with Gasteiger partial charge in [-0.1, -0.05) is 0 Å². The summed E-state index contributed by atoms with van der Waals surface area (Å²) in [6, 6.07) is 0. The maximum absolute atomic E-state index is 11.7. The minimum Gasteiger partial charge on any atom is -0.379 e. The number of halogens is 2. The third-order valence-electron chi connectivity index (χ3n) is 3.49. The lowest BCUT2D eigenvalue weighted by Gasteiger charge is -2.26. The molecule has 0 aromatic carbocycles. The van der Waals surface area contributed by atoms with E-state index in [1.165, 1.54) is 0 Å². The zero-order valence-electron chi connectivity index (χ0n) is 11.2. The maximum atomic E-state index is 11.7. The van der Waals surface area contributed by atoms with Crippen LogP contribution in [0.5, 0.6) is 0 Å². The van der Waals surface area contributed by atoms with Crippen LogP contribution in [0.25, 0.3) is 0 Å². The van der Waals surface area contributed by atoms with Crippen molar-refractivity contribution in [3.05, 3.63) is 0 Å². The van der Waals surface area contributed by atoms with Crippen molar-refractivity contribution in [2.75, 3.05) is 52.5 Å². The van der Waals surface area contributed by atoms with Crippen LogP contribution in [0.2, 0.25) is 0 Å². The van der Waals surface area contributed by atoms with E-state index in [1.807, 2.05) is 0 Å². The van der Waals surface area contributed by atoms with Crippen LogP contribution in [0, 0.1) is 5.92 Å². The average molecular weight is 314 g/mol. The van der Waals surface area contributed by atoms with Gasteiger partial charge >= 0.3 is 0 Å². The summed E-state index contributed by atoms with van der Waals surface area (Å²) in [5.74, 6) is 0.412. The Hall–Kier alpha value is -0.0700. The van der Waals surface area contributed by atoms with Crippen LogP contribution in [0.15, 0.2) is 0 Å². The molecule has 1 atom stereocenters. The van der Waals surface area contributed by atoms with Gasteiger partial charge in [0.05, 0.1) is 19.1 Å². The first kappa shape index (κ1) is 18.9. The summed E-state index contributed by atoms with van der Waals surface area (Å²) in [7, 11) is 0. The maximum Gasteiger partial charge on any atom is 0.224 e. The van der Waals surface area contributed by atoms with Gasteiger partial charge in [0.2, 0.25) is 5.91 Å². The number of nitrogens with zero attached hydrogens (tertiary/aromatic N) is 1. The summed E-state index contributed by atoms with van der Waals surface area (Å²) in [5, 5.41) is 6.24. The molecule has 2 heterocycles. The lowest BCUT2D eigenvalue weighted by molar-refractivity contribution is -0.124. The molecule has 0 spiro atoms. The van der Waals surface area contributed by atoms with E-state index in [4.69, 9.17) is 4.74 Å². The Morgan fingerprint density at radius 1 is 1.32 bits per heavy atom. The predicted octanol–water partition coefficient (Wildman–Crippen LogP) is 0.278. The highest BCUT2D eigenvalue weighted by atomic mass is 35.5. The molecule has 2 aliphatic heterocycles. The molecule has 0 saturated carbocycles. The van der Waals surface area contributed by atoms with E-state index in [2.05, 4.69) is 15.5 Å². The van der Waals surface area contributed by atoms with Gasteiger partial charge in [0.1, 0.15) is 0 Å². The Kier molecular flexibility index (Phi) is 10.6. The quantitative estimate of drug-likeness (QED) is 0.716. The van der Waals surface area contributed by atoms with Gasteiger partial charge in [0, 0.05) is 26.2 Å². The van der Waals surface area contributed by atoms with Crippen molar-refractivity contribution in [1.82, 2.24) is 15.5 Å². The third kappa shape index (κ3) is 6.77. The van der Waals surface area contributed by atoms with Gasteiger partial charge in [-0.15, -0.1) is 24.8 Å². The first-order valence-electron chi connectivity index (χ1n) is 6.65. The summed E-state index contributed by atoms with van der Waals surface area (Å²) >= 11 is 0. The molecule has 0 aromatic rings. The van der Waals surface area contributed by atoms with Gasteiger partial charge in [-0.2, -0.15) is 0 Å². The van der Waals surface area contributed by atoms with Crippen molar-refractivity contribution >= 4 is 30.7 Å². The molecule has 0 aliphatic carbocycles. The van der Waals surface area contributed by atoms with Gasteiger partial charge in [-0.05, 0) is 25.9 Å². The normalized spacial score (nSPS) is 23.3. The summed E-state index contributed by atoms with van der Waals surface area (Å²) in [4.78, 5) is 14.1. The van der Waals surface area contributed by atoms with Crippen LogP contribution in [0.4, 0.5) is 0 Å². The van der Waals surface area contributed by atoms with Crippen LogP contribution >= 0.6 is 24.8 Å². The number of nitrogens with one attached hydrogen (secondary N) is 2. The van der Waals surface area contributed by atoms with Crippen molar-refractivity contribution in [1.29, 1.82) is 0 Å². The third-order valence-corrected chi connectivity index (χ3v) is 3.49. The predicted molar refractivity (Wildman–Crippen MR) is 80.4 cm³/mol. The molecular formula is C12H25Cl2N3O2. The van der Waals surface area contributed by atoms with Crippen molar-refractivity contribution in [2.24, 2.45) is 5.92 Å². The Labute approximate surface area is 127 Å². The summed E-state index contributed by atoms with van der Waals surface area (Å²) < 4.78 is 5.29. The van der Waals surface area contributed by atoms with Crippen molar-refractivity contribution in [3.63, 3.8) is 0 Å². The molecule has 5 nitrogen and oxygen atoms in total. The Morgan fingerprint density at radius 2 is 2.05 bits per heavy atom. The van der Waals surface area contributed by atoms with Crippen LogP contribution in [-0.2, 0) is 9.53 Å². The molecule has 2 saturated heterocycles. The highest BCUT2D eigenvalue weighted by Crippen LogP contribution is 2.06. The van der Waals surface area contributed by atoms with Crippen LogP contribution < -0.4 is 10.6 Å². The molecule has 2 aliphatic rings. The van der Waals surface area contributed by atoms with E-state index in [0.717, 1.165) is 65.3 Å². The summed E-state index contributed by atoms with van der Waals surface area (Å²) in [5.41, 5.74) is 0. The lowest BCUT2D eigenvalue weighted by Crippen LogP contribution is -2.39. The van der Waals surface area contributed by atoms with E-state index >= 15 is 0 Å². The SMILES string of the molecule is Cl.Cl.O=C(NCCCN1CCOCC1)C1CCNC1. The van der Waals surface area contributed by atoms with Crippen LogP contribution in [0.3, 0.4) is 0 Å². The Bertz CT molecular complexity index is 245. The molecule has 1 amide bonds. The van der Waals surface area contributed by atoms with Crippen LogP contribution in [0.1, 0.15) is 12.8 Å². The van der Waals surface area contributed by atoms with Crippen LogP contribution in [-0.4, -0.2) is 63.3 Å². The Morgan fingerprint density at radius 3 is 2.68 bits per heavy atom. The molecule has 0 aromatic heterocycles. The standard InChI is InChI=1S/C12H23N3O2.2ClH/c16-12(11-2-4-13-10-11)14-3-1-5-15-6-8-17-9-7-15;;/h11,13H,1-10H2,(H,14,16);2*1H. The van der Waals surface area contributed by atoms with E-state index in [9.17, 15) is 4.79 Å². The zero-order valence-corrected chi connectivity index (χ0v) is 12.9.